The van der Waals surface area contributed by atoms with E-state index in [0.29, 0.717) is 12.2 Å². The van der Waals surface area contributed by atoms with Crippen LogP contribution in [0.1, 0.15) is 17.3 Å². The van der Waals surface area contributed by atoms with Gasteiger partial charge in [-0.15, -0.1) is 0 Å². The molecule has 0 fully saturated rings. The second kappa shape index (κ2) is 4.41. The molecule has 0 aliphatic rings. The fourth-order valence-electron chi connectivity index (χ4n) is 1.17. The van der Waals surface area contributed by atoms with Crippen LogP contribution in [0.4, 0.5) is 11.4 Å². The first-order valence-corrected chi connectivity index (χ1v) is 4.32. The molecule has 6 heteroatoms. The summed E-state index contributed by atoms with van der Waals surface area (Å²) in [6.45, 7) is 2.37. The summed E-state index contributed by atoms with van der Waals surface area (Å²) in [5.74, 6) is -1.19. The number of carboxylic acids is 1. The molecule has 0 saturated carbocycles. The van der Waals surface area contributed by atoms with E-state index >= 15 is 0 Å². The number of nitrogens with zero attached hydrogens (tertiary/aromatic N) is 1. The Kier molecular flexibility index (Phi) is 3.22. The molecule has 80 valence electrons. The standard InChI is InChI=1S/C9H10N2O4/c1-2-10-8-4-3-6(11(14)15)5-7(8)9(12)13/h3-5,10H,2H2,1H3,(H,12,13). The Balaban J connectivity index is 3.20. The van der Waals surface area contributed by atoms with Crippen molar-refractivity contribution in [1.82, 2.24) is 0 Å². The highest BCUT2D eigenvalue weighted by Gasteiger charge is 2.15. The van der Waals surface area contributed by atoms with Crippen LogP contribution in [0, 0.1) is 10.1 Å². The Morgan fingerprint density at radius 2 is 2.27 bits per heavy atom. The van der Waals surface area contributed by atoms with Crippen molar-refractivity contribution in [2.45, 2.75) is 6.92 Å². The lowest BCUT2D eigenvalue weighted by Gasteiger charge is -2.06. The van der Waals surface area contributed by atoms with Gasteiger partial charge < -0.3 is 10.4 Å². The zero-order valence-corrected chi connectivity index (χ0v) is 8.06. The molecule has 1 rings (SSSR count). The number of nitrogens with one attached hydrogen (secondary N) is 1. The average molecular weight is 210 g/mol. The number of anilines is 1. The first-order valence-electron chi connectivity index (χ1n) is 4.32. The normalized spacial score (nSPS) is 9.67. The second-order valence-electron chi connectivity index (χ2n) is 2.82. The van der Waals surface area contributed by atoms with Crippen molar-refractivity contribution in [2.75, 3.05) is 11.9 Å². The van der Waals surface area contributed by atoms with E-state index in [1.54, 1.807) is 0 Å². The van der Waals surface area contributed by atoms with Crippen molar-refractivity contribution in [3.63, 3.8) is 0 Å². The fraction of sp³-hybridized carbons (Fsp3) is 0.222. The zero-order chi connectivity index (χ0) is 11.4. The Bertz CT molecular complexity index is 403. The fourth-order valence-corrected chi connectivity index (χ4v) is 1.17. The van der Waals surface area contributed by atoms with Crippen LogP contribution in [0.15, 0.2) is 18.2 Å². The number of nitro groups is 1. The molecule has 0 aliphatic heterocycles. The lowest BCUT2D eigenvalue weighted by Crippen LogP contribution is -2.06. The van der Waals surface area contributed by atoms with E-state index in [-0.39, 0.29) is 11.3 Å². The van der Waals surface area contributed by atoms with E-state index < -0.39 is 10.9 Å². The molecule has 0 aliphatic carbocycles. The maximum Gasteiger partial charge on any atom is 0.338 e. The molecular weight excluding hydrogens is 200 g/mol. The third kappa shape index (κ3) is 2.43. The monoisotopic (exact) mass is 210 g/mol. The van der Waals surface area contributed by atoms with Crippen molar-refractivity contribution in [3.05, 3.63) is 33.9 Å². The lowest BCUT2D eigenvalue weighted by molar-refractivity contribution is -0.384. The molecule has 0 heterocycles. The topological polar surface area (TPSA) is 92.5 Å². The number of carbonyl (C=O) groups is 1. The van der Waals surface area contributed by atoms with Gasteiger partial charge in [0.05, 0.1) is 10.5 Å². The van der Waals surface area contributed by atoms with Crippen molar-refractivity contribution >= 4 is 17.3 Å². The first kappa shape index (κ1) is 11.0. The van der Waals surface area contributed by atoms with Crippen LogP contribution >= 0.6 is 0 Å². The molecule has 1 aromatic rings. The van der Waals surface area contributed by atoms with Gasteiger partial charge in [0.25, 0.3) is 5.69 Å². The lowest BCUT2D eigenvalue weighted by atomic mass is 10.1. The zero-order valence-electron chi connectivity index (χ0n) is 8.06. The number of aromatic carboxylic acids is 1. The molecular formula is C9H10N2O4. The SMILES string of the molecule is CCNc1ccc([N+](=O)[O-])cc1C(=O)O. The third-order valence-electron chi connectivity index (χ3n) is 1.81. The van der Waals surface area contributed by atoms with E-state index in [0.717, 1.165) is 6.07 Å². The van der Waals surface area contributed by atoms with E-state index in [2.05, 4.69) is 5.32 Å². The molecule has 0 spiro atoms. The van der Waals surface area contributed by atoms with Gasteiger partial charge in [0.2, 0.25) is 0 Å². The summed E-state index contributed by atoms with van der Waals surface area (Å²) in [6, 6.07) is 3.70. The molecule has 0 aromatic heterocycles. The van der Waals surface area contributed by atoms with Crippen LogP contribution in [0.25, 0.3) is 0 Å². The molecule has 2 N–H and O–H groups in total. The summed E-state index contributed by atoms with van der Waals surface area (Å²) < 4.78 is 0. The molecule has 6 nitrogen and oxygen atoms in total. The van der Waals surface area contributed by atoms with Gasteiger partial charge in [0.1, 0.15) is 0 Å². The number of hydrogen-bond donors (Lipinski definition) is 2. The average Bonchev–Trinajstić information content (AvgIpc) is 2.18. The highest BCUT2D eigenvalue weighted by Crippen LogP contribution is 2.21. The number of non-ortho nitro benzene ring substituents is 1. The van der Waals surface area contributed by atoms with Crippen LogP contribution < -0.4 is 5.32 Å². The van der Waals surface area contributed by atoms with Crippen molar-refractivity contribution < 1.29 is 14.8 Å². The van der Waals surface area contributed by atoms with Crippen LogP contribution in [0.5, 0.6) is 0 Å². The maximum absolute atomic E-state index is 10.8. The van der Waals surface area contributed by atoms with Crippen LogP contribution in [-0.2, 0) is 0 Å². The van der Waals surface area contributed by atoms with E-state index in [4.69, 9.17) is 5.11 Å². The molecule has 0 unspecified atom stereocenters. The van der Waals surface area contributed by atoms with E-state index in [1.165, 1.54) is 12.1 Å². The molecule has 0 radical (unpaired) electrons. The van der Waals surface area contributed by atoms with E-state index in [9.17, 15) is 14.9 Å². The van der Waals surface area contributed by atoms with Gasteiger partial charge in [-0.05, 0) is 13.0 Å². The molecule has 15 heavy (non-hydrogen) atoms. The summed E-state index contributed by atoms with van der Waals surface area (Å²) in [5, 5.41) is 22.1. The van der Waals surface area contributed by atoms with Crippen molar-refractivity contribution in [1.29, 1.82) is 0 Å². The molecule has 1 aromatic carbocycles. The largest absolute Gasteiger partial charge is 0.478 e. The Hall–Kier alpha value is -2.11. The smallest absolute Gasteiger partial charge is 0.338 e. The van der Waals surface area contributed by atoms with E-state index in [1.807, 2.05) is 6.92 Å². The van der Waals surface area contributed by atoms with Crippen LogP contribution in [0.3, 0.4) is 0 Å². The Morgan fingerprint density at radius 1 is 1.60 bits per heavy atom. The quantitative estimate of drug-likeness (QED) is 0.583. The third-order valence-corrected chi connectivity index (χ3v) is 1.81. The number of rotatable bonds is 4. The molecule has 0 bridgehead atoms. The van der Waals surface area contributed by atoms with Crippen LogP contribution in [0.2, 0.25) is 0 Å². The summed E-state index contributed by atoms with van der Waals surface area (Å²) in [5.41, 5.74) is 0.0655. The van der Waals surface area contributed by atoms with Crippen LogP contribution in [-0.4, -0.2) is 22.5 Å². The summed E-state index contributed by atoms with van der Waals surface area (Å²) >= 11 is 0. The van der Waals surface area contributed by atoms with Gasteiger partial charge >= 0.3 is 5.97 Å². The second-order valence-corrected chi connectivity index (χ2v) is 2.82. The maximum atomic E-state index is 10.8. The highest BCUT2D eigenvalue weighted by molar-refractivity contribution is 5.95. The molecule has 0 atom stereocenters. The summed E-state index contributed by atoms with van der Waals surface area (Å²) in [7, 11) is 0. The predicted molar refractivity (Wildman–Crippen MR) is 54.2 cm³/mol. The van der Waals surface area contributed by atoms with Gasteiger partial charge in [-0.2, -0.15) is 0 Å². The van der Waals surface area contributed by atoms with Gasteiger partial charge in [-0.1, -0.05) is 0 Å². The highest BCUT2D eigenvalue weighted by atomic mass is 16.6. The van der Waals surface area contributed by atoms with Crippen molar-refractivity contribution in [2.24, 2.45) is 0 Å². The Morgan fingerprint density at radius 3 is 2.73 bits per heavy atom. The molecule has 0 amide bonds. The minimum atomic E-state index is -1.19. The minimum Gasteiger partial charge on any atom is -0.478 e. The Labute approximate surface area is 85.7 Å². The number of carboxylic acid groups (broad SMARTS) is 1. The number of hydrogen-bond acceptors (Lipinski definition) is 4. The van der Waals surface area contributed by atoms with Gasteiger partial charge in [-0.25, -0.2) is 4.79 Å². The molecule has 0 saturated heterocycles. The summed E-state index contributed by atoms with van der Waals surface area (Å²) in [4.78, 5) is 20.6. The first-order chi connectivity index (χ1) is 7.06. The van der Waals surface area contributed by atoms with Gasteiger partial charge in [0.15, 0.2) is 0 Å². The number of nitro benzene ring substituents is 1. The van der Waals surface area contributed by atoms with Gasteiger partial charge in [0, 0.05) is 24.4 Å². The predicted octanol–water partition coefficient (Wildman–Crippen LogP) is 1.72. The van der Waals surface area contributed by atoms with Gasteiger partial charge in [-0.3, -0.25) is 10.1 Å². The number of benzene rings is 1. The van der Waals surface area contributed by atoms with Crippen molar-refractivity contribution in [3.8, 4) is 0 Å². The minimum absolute atomic E-state index is 0.0916. The summed E-state index contributed by atoms with van der Waals surface area (Å²) in [6.07, 6.45) is 0.